The number of nitrogens with zero attached hydrogens (tertiary/aromatic N) is 2. The van der Waals surface area contributed by atoms with Crippen LogP contribution >= 0.6 is 12.4 Å². The van der Waals surface area contributed by atoms with Gasteiger partial charge in [-0.1, -0.05) is 6.07 Å². The Morgan fingerprint density at radius 2 is 2.16 bits per heavy atom. The van der Waals surface area contributed by atoms with Crippen LogP contribution in [0.5, 0.6) is 0 Å². The lowest BCUT2D eigenvalue weighted by atomic mass is 9.90. The standard InChI is InChI=1S/C17H20F2N4O.ClH/c1-10(13-4-3-12(18)5-16(13)19)22-17(24)15-8-20-7-14(15)11-6-21-23(2)9-11;/h3-6,9-10,14-15,20H,7-8H2,1-2H3,(H,22,24);1H/t10?,14-,15+;/m1./s1. The number of carbonyl (C=O) groups excluding carboxylic acids is 1. The quantitative estimate of drug-likeness (QED) is 0.868. The van der Waals surface area contributed by atoms with E-state index in [1.807, 2.05) is 13.2 Å². The zero-order valence-electron chi connectivity index (χ0n) is 14.0. The van der Waals surface area contributed by atoms with E-state index in [1.54, 1.807) is 17.8 Å². The number of carbonyl (C=O) groups is 1. The van der Waals surface area contributed by atoms with Gasteiger partial charge < -0.3 is 10.6 Å². The molecule has 1 aliphatic rings. The van der Waals surface area contributed by atoms with Crippen molar-refractivity contribution in [2.75, 3.05) is 13.1 Å². The lowest BCUT2D eigenvalue weighted by molar-refractivity contribution is -0.125. The van der Waals surface area contributed by atoms with Gasteiger partial charge >= 0.3 is 0 Å². The highest BCUT2D eigenvalue weighted by molar-refractivity contribution is 5.85. The SMILES string of the molecule is CC(NC(=O)[C@H]1CNC[C@@H]1c1cnn(C)c1)c1ccc(F)cc1F.Cl. The molecule has 0 bridgehead atoms. The van der Waals surface area contributed by atoms with Crippen molar-refractivity contribution in [2.24, 2.45) is 13.0 Å². The molecule has 0 saturated carbocycles. The third-order valence-electron chi connectivity index (χ3n) is 4.49. The van der Waals surface area contributed by atoms with Crippen LogP contribution in [0.4, 0.5) is 8.78 Å². The van der Waals surface area contributed by atoms with Crippen LogP contribution in [0.15, 0.2) is 30.6 Å². The van der Waals surface area contributed by atoms with E-state index >= 15 is 0 Å². The van der Waals surface area contributed by atoms with Crippen molar-refractivity contribution in [1.29, 1.82) is 0 Å². The van der Waals surface area contributed by atoms with E-state index < -0.39 is 17.7 Å². The number of hydrogen-bond acceptors (Lipinski definition) is 3. The predicted molar refractivity (Wildman–Crippen MR) is 92.5 cm³/mol. The van der Waals surface area contributed by atoms with E-state index in [0.29, 0.717) is 13.1 Å². The van der Waals surface area contributed by atoms with Crippen LogP contribution in [0.3, 0.4) is 0 Å². The second-order valence-corrected chi connectivity index (χ2v) is 6.21. The highest BCUT2D eigenvalue weighted by atomic mass is 35.5. The van der Waals surface area contributed by atoms with Crippen molar-refractivity contribution in [1.82, 2.24) is 20.4 Å². The van der Waals surface area contributed by atoms with Gasteiger partial charge in [-0.05, 0) is 18.6 Å². The molecule has 8 heteroatoms. The first-order valence-corrected chi connectivity index (χ1v) is 7.90. The van der Waals surface area contributed by atoms with Crippen molar-refractivity contribution >= 4 is 18.3 Å². The molecular formula is C17H21ClF2N4O. The second kappa shape index (κ2) is 7.93. The summed E-state index contributed by atoms with van der Waals surface area (Å²) >= 11 is 0. The van der Waals surface area contributed by atoms with Gasteiger partial charge in [0.25, 0.3) is 0 Å². The lowest BCUT2D eigenvalue weighted by Crippen LogP contribution is -2.36. The minimum absolute atomic E-state index is 0. The monoisotopic (exact) mass is 370 g/mol. The topological polar surface area (TPSA) is 59.0 Å². The molecule has 2 heterocycles. The van der Waals surface area contributed by atoms with Crippen LogP contribution in [-0.4, -0.2) is 28.8 Å². The summed E-state index contributed by atoms with van der Waals surface area (Å²) in [5, 5.41) is 10.2. The number of rotatable bonds is 4. The number of aromatic nitrogens is 2. The molecule has 25 heavy (non-hydrogen) atoms. The van der Waals surface area contributed by atoms with Gasteiger partial charge in [0.15, 0.2) is 0 Å². The molecule has 3 atom stereocenters. The van der Waals surface area contributed by atoms with Gasteiger partial charge in [0.1, 0.15) is 11.6 Å². The van der Waals surface area contributed by atoms with Crippen LogP contribution in [0.1, 0.15) is 30.0 Å². The van der Waals surface area contributed by atoms with Gasteiger partial charge in [0, 0.05) is 43.9 Å². The van der Waals surface area contributed by atoms with E-state index in [-0.39, 0.29) is 35.7 Å². The summed E-state index contributed by atoms with van der Waals surface area (Å²) in [5.41, 5.74) is 1.27. The Balaban J connectivity index is 0.00000225. The molecule has 1 aromatic heterocycles. The van der Waals surface area contributed by atoms with Gasteiger partial charge in [-0.15, -0.1) is 12.4 Å². The fourth-order valence-electron chi connectivity index (χ4n) is 3.19. The Kier molecular flexibility index (Phi) is 6.13. The highest BCUT2D eigenvalue weighted by Gasteiger charge is 2.35. The minimum atomic E-state index is -0.656. The molecule has 3 rings (SSSR count). The lowest BCUT2D eigenvalue weighted by Gasteiger charge is -2.21. The van der Waals surface area contributed by atoms with E-state index in [4.69, 9.17) is 0 Å². The third kappa shape index (κ3) is 4.16. The summed E-state index contributed by atoms with van der Waals surface area (Å²) in [6.45, 7) is 2.95. The Labute approximate surface area is 151 Å². The van der Waals surface area contributed by atoms with Crippen molar-refractivity contribution in [3.05, 3.63) is 53.4 Å². The summed E-state index contributed by atoms with van der Waals surface area (Å²) in [4.78, 5) is 12.6. The van der Waals surface area contributed by atoms with Crippen LogP contribution in [-0.2, 0) is 11.8 Å². The van der Waals surface area contributed by atoms with Gasteiger partial charge in [-0.25, -0.2) is 8.78 Å². The van der Waals surface area contributed by atoms with Crippen LogP contribution < -0.4 is 10.6 Å². The fourth-order valence-corrected chi connectivity index (χ4v) is 3.19. The Morgan fingerprint density at radius 3 is 2.80 bits per heavy atom. The van der Waals surface area contributed by atoms with E-state index in [1.165, 1.54) is 12.1 Å². The summed E-state index contributed by atoms with van der Waals surface area (Å²) in [7, 11) is 1.83. The summed E-state index contributed by atoms with van der Waals surface area (Å²) in [6, 6.07) is 2.85. The molecule has 1 unspecified atom stereocenters. The minimum Gasteiger partial charge on any atom is -0.349 e. The number of benzene rings is 1. The molecule has 1 saturated heterocycles. The Hall–Kier alpha value is -1.99. The fraction of sp³-hybridized carbons (Fsp3) is 0.412. The van der Waals surface area contributed by atoms with Gasteiger partial charge in [0.2, 0.25) is 5.91 Å². The molecule has 1 amide bonds. The summed E-state index contributed by atoms with van der Waals surface area (Å²) in [5.74, 6) is -1.66. The van der Waals surface area contributed by atoms with Crippen molar-refractivity contribution in [3.8, 4) is 0 Å². The maximum absolute atomic E-state index is 13.9. The van der Waals surface area contributed by atoms with E-state index in [0.717, 1.165) is 11.6 Å². The third-order valence-corrected chi connectivity index (χ3v) is 4.49. The summed E-state index contributed by atoms with van der Waals surface area (Å²) in [6.07, 6.45) is 3.67. The normalized spacial score (nSPS) is 20.8. The first-order chi connectivity index (χ1) is 11.5. The maximum atomic E-state index is 13.9. The van der Waals surface area contributed by atoms with Crippen LogP contribution in [0.2, 0.25) is 0 Å². The number of halogens is 3. The second-order valence-electron chi connectivity index (χ2n) is 6.21. The van der Waals surface area contributed by atoms with Crippen LogP contribution in [0, 0.1) is 17.6 Å². The molecule has 2 N–H and O–H groups in total. The van der Waals surface area contributed by atoms with E-state index in [9.17, 15) is 13.6 Å². The maximum Gasteiger partial charge on any atom is 0.225 e. The molecule has 1 aromatic carbocycles. The Morgan fingerprint density at radius 1 is 1.40 bits per heavy atom. The van der Waals surface area contributed by atoms with Crippen molar-refractivity contribution in [3.63, 3.8) is 0 Å². The Bertz CT molecular complexity index is 752. The number of nitrogens with one attached hydrogen (secondary N) is 2. The molecule has 0 radical (unpaired) electrons. The van der Waals surface area contributed by atoms with Crippen molar-refractivity contribution in [2.45, 2.75) is 18.9 Å². The number of amides is 1. The molecule has 2 aromatic rings. The molecule has 136 valence electrons. The largest absolute Gasteiger partial charge is 0.349 e. The van der Waals surface area contributed by atoms with Gasteiger partial charge in [-0.3, -0.25) is 9.48 Å². The zero-order valence-corrected chi connectivity index (χ0v) is 14.8. The van der Waals surface area contributed by atoms with E-state index in [2.05, 4.69) is 15.7 Å². The smallest absolute Gasteiger partial charge is 0.225 e. The predicted octanol–water partition coefficient (Wildman–Crippen LogP) is 2.30. The average Bonchev–Trinajstić information content (AvgIpc) is 3.15. The highest BCUT2D eigenvalue weighted by Crippen LogP contribution is 2.29. The van der Waals surface area contributed by atoms with Crippen LogP contribution in [0.25, 0.3) is 0 Å². The van der Waals surface area contributed by atoms with Gasteiger partial charge in [-0.2, -0.15) is 5.10 Å². The average molecular weight is 371 g/mol. The summed E-state index contributed by atoms with van der Waals surface area (Å²) < 4.78 is 28.6. The molecular weight excluding hydrogens is 350 g/mol. The molecule has 1 aliphatic heterocycles. The number of hydrogen-bond donors (Lipinski definition) is 2. The first kappa shape index (κ1) is 19.3. The first-order valence-electron chi connectivity index (χ1n) is 7.90. The molecule has 5 nitrogen and oxygen atoms in total. The molecule has 0 spiro atoms. The van der Waals surface area contributed by atoms with Crippen molar-refractivity contribution < 1.29 is 13.6 Å². The molecule has 1 fully saturated rings. The zero-order chi connectivity index (χ0) is 17.3. The van der Waals surface area contributed by atoms with Gasteiger partial charge in [0.05, 0.1) is 18.2 Å². The number of aryl methyl sites for hydroxylation is 1. The molecule has 0 aliphatic carbocycles.